The fourth-order valence-corrected chi connectivity index (χ4v) is 3.00. The van der Waals surface area contributed by atoms with Crippen LogP contribution in [0.3, 0.4) is 0 Å². The van der Waals surface area contributed by atoms with Crippen molar-refractivity contribution in [2.45, 2.75) is 11.4 Å². The number of nitrogens with two attached hydrogens (primary N) is 1. The van der Waals surface area contributed by atoms with Gasteiger partial charge < -0.3 is 5.73 Å². The zero-order valence-electron chi connectivity index (χ0n) is 10.3. The normalized spacial score (nSPS) is 11.3. The molecule has 7 heteroatoms. The Bertz CT molecular complexity index is 718. The Hall–Kier alpha value is -1.63. The first kappa shape index (κ1) is 14.8. The Kier molecular flexibility index (Phi) is 4.27. The molecule has 20 heavy (non-hydrogen) atoms. The van der Waals surface area contributed by atoms with E-state index in [-0.39, 0.29) is 22.2 Å². The van der Waals surface area contributed by atoms with Gasteiger partial charge in [-0.2, -0.15) is 0 Å². The predicted octanol–water partition coefficient (Wildman–Crippen LogP) is 2.74. The molecule has 106 valence electrons. The van der Waals surface area contributed by atoms with Crippen LogP contribution in [0.5, 0.6) is 0 Å². The van der Waals surface area contributed by atoms with Gasteiger partial charge in [-0.25, -0.2) is 12.8 Å². The number of benzene rings is 2. The maximum absolute atomic E-state index is 12.8. The first-order valence-electron chi connectivity index (χ1n) is 5.69. The van der Waals surface area contributed by atoms with Crippen molar-refractivity contribution in [3.63, 3.8) is 0 Å². The molecule has 0 aliphatic carbocycles. The van der Waals surface area contributed by atoms with E-state index < -0.39 is 15.8 Å². The molecule has 0 spiro atoms. The second-order valence-electron chi connectivity index (χ2n) is 4.07. The quantitative estimate of drug-likeness (QED) is 0.911. The predicted molar refractivity (Wildman–Crippen MR) is 76.6 cm³/mol. The summed E-state index contributed by atoms with van der Waals surface area (Å²) in [7, 11) is -3.77. The lowest BCUT2D eigenvalue weighted by atomic mass is 10.2. The second-order valence-corrected chi connectivity index (χ2v) is 6.16. The zero-order valence-corrected chi connectivity index (χ0v) is 11.9. The van der Waals surface area contributed by atoms with Crippen molar-refractivity contribution in [1.82, 2.24) is 0 Å². The summed E-state index contributed by atoms with van der Waals surface area (Å²) < 4.78 is 39.4. The third kappa shape index (κ3) is 3.27. The molecule has 0 bridgehead atoms. The zero-order chi connectivity index (χ0) is 14.8. The Balaban J connectivity index is 2.30. The highest BCUT2D eigenvalue weighted by molar-refractivity contribution is 7.92. The van der Waals surface area contributed by atoms with Gasteiger partial charge in [0, 0.05) is 17.3 Å². The van der Waals surface area contributed by atoms with Gasteiger partial charge in [0.2, 0.25) is 0 Å². The standard InChI is InChI=1S/C13H12ClFN2O2S/c14-13-7-12(6-1-9(13)8-16)20(18,19)17-11-4-2-10(15)3-5-11/h1-7,17H,8,16H2. The van der Waals surface area contributed by atoms with Crippen LogP contribution in [0, 0.1) is 5.82 Å². The molecule has 3 N–H and O–H groups in total. The summed E-state index contributed by atoms with van der Waals surface area (Å²) in [6.45, 7) is 0.227. The highest BCUT2D eigenvalue weighted by atomic mass is 35.5. The molecule has 2 aromatic rings. The van der Waals surface area contributed by atoms with Gasteiger partial charge in [-0.05, 0) is 42.0 Å². The summed E-state index contributed by atoms with van der Waals surface area (Å²) in [6, 6.07) is 9.31. The van der Waals surface area contributed by atoms with Crippen molar-refractivity contribution < 1.29 is 12.8 Å². The lowest BCUT2D eigenvalue weighted by Crippen LogP contribution is -2.13. The first-order chi connectivity index (χ1) is 9.42. The minimum absolute atomic E-state index is 0.0176. The van der Waals surface area contributed by atoms with Gasteiger partial charge in [0.15, 0.2) is 0 Å². The molecular formula is C13H12ClFN2O2S. The molecule has 0 aliphatic rings. The first-order valence-corrected chi connectivity index (χ1v) is 7.55. The topological polar surface area (TPSA) is 72.2 Å². The van der Waals surface area contributed by atoms with Gasteiger partial charge >= 0.3 is 0 Å². The van der Waals surface area contributed by atoms with Crippen LogP contribution in [0.2, 0.25) is 5.02 Å². The Morgan fingerprint density at radius 2 is 1.80 bits per heavy atom. The fourth-order valence-electron chi connectivity index (χ4n) is 1.59. The maximum Gasteiger partial charge on any atom is 0.261 e. The van der Waals surface area contributed by atoms with Gasteiger partial charge in [-0.3, -0.25) is 4.72 Å². The van der Waals surface area contributed by atoms with Crippen molar-refractivity contribution >= 4 is 27.3 Å². The van der Waals surface area contributed by atoms with Crippen LogP contribution in [-0.4, -0.2) is 8.42 Å². The molecule has 0 atom stereocenters. The molecule has 2 rings (SSSR count). The van der Waals surface area contributed by atoms with Gasteiger partial charge in [0.25, 0.3) is 10.0 Å². The van der Waals surface area contributed by atoms with E-state index in [4.69, 9.17) is 17.3 Å². The van der Waals surface area contributed by atoms with Crippen LogP contribution in [0.4, 0.5) is 10.1 Å². The molecule has 0 amide bonds. The molecule has 2 aromatic carbocycles. The van der Waals surface area contributed by atoms with E-state index in [1.165, 1.54) is 36.4 Å². The van der Waals surface area contributed by atoms with Crippen LogP contribution >= 0.6 is 11.6 Å². The number of halogens is 2. The molecule has 4 nitrogen and oxygen atoms in total. The van der Waals surface area contributed by atoms with Crippen molar-refractivity contribution in [2.24, 2.45) is 5.73 Å². The van der Waals surface area contributed by atoms with E-state index in [9.17, 15) is 12.8 Å². The summed E-state index contributed by atoms with van der Waals surface area (Å²) in [4.78, 5) is 0.0176. The number of hydrogen-bond donors (Lipinski definition) is 2. The second kappa shape index (κ2) is 5.78. The Labute approximate surface area is 121 Å². The number of sulfonamides is 1. The molecule has 0 aromatic heterocycles. The van der Waals surface area contributed by atoms with E-state index >= 15 is 0 Å². The van der Waals surface area contributed by atoms with Crippen molar-refractivity contribution in [1.29, 1.82) is 0 Å². The van der Waals surface area contributed by atoms with Gasteiger partial charge in [-0.15, -0.1) is 0 Å². The molecule has 0 saturated heterocycles. The molecule has 0 heterocycles. The SMILES string of the molecule is NCc1ccc(S(=O)(=O)Nc2ccc(F)cc2)cc1Cl. The van der Waals surface area contributed by atoms with Crippen LogP contribution in [0.15, 0.2) is 47.4 Å². The summed E-state index contributed by atoms with van der Waals surface area (Å²) >= 11 is 5.94. The Morgan fingerprint density at radius 1 is 1.15 bits per heavy atom. The number of rotatable bonds is 4. The number of nitrogens with one attached hydrogen (secondary N) is 1. The average molecular weight is 315 g/mol. The average Bonchev–Trinajstić information content (AvgIpc) is 2.41. The monoisotopic (exact) mass is 314 g/mol. The summed E-state index contributed by atoms with van der Waals surface area (Å²) in [5.41, 5.74) is 6.39. The molecule has 0 saturated carbocycles. The summed E-state index contributed by atoms with van der Waals surface area (Å²) in [5, 5.41) is 0.287. The van der Waals surface area contributed by atoms with E-state index in [0.717, 1.165) is 0 Å². The fraction of sp³-hybridized carbons (Fsp3) is 0.0769. The van der Waals surface area contributed by atoms with Gasteiger partial charge in [0.1, 0.15) is 5.82 Å². The summed E-state index contributed by atoms with van der Waals surface area (Å²) in [5.74, 6) is -0.441. The molecular weight excluding hydrogens is 303 g/mol. The lowest BCUT2D eigenvalue weighted by molar-refractivity contribution is 0.601. The van der Waals surface area contributed by atoms with E-state index in [1.54, 1.807) is 6.07 Å². The molecule has 0 radical (unpaired) electrons. The van der Waals surface area contributed by atoms with Crippen molar-refractivity contribution in [3.8, 4) is 0 Å². The van der Waals surface area contributed by atoms with Gasteiger partial charge in [0.05, 0.1) is 4.90 Å². The minimum Gasteiger partial charge on any atom is -0.326 e. The van der Waals surface area contributed by atoms with Gasteiger partial charge in [-0.1, -0.05) is 17.7 Å². The summed E-state index contributed by atoms with van der Waals surface area (Å²) in [6.07, 6.45) is 0. The van der Waals surface area contributed by atoms with Crippen LogP contribution < -0.4 is 10.5 Å². The largest absolute Gasteiger partial charge is 0.326 e. The minimum atomic E-state index is -3.77. The highest BCUT2D eigenvalue weighted by Gasteiger charge is 2.15. The number of anilines is 1. The van der Waals surface area contributed by atoms with Crippen molar-refractivity contribution in [2.75, 3.05) is 4.72 Å². The third-order valence-corrected chi connectivity index (χ3v) is 4.38. The smallest absolute Gasteiger partial charge is 0.261 e. The maximum atomic E-state index is 12.8. The third-order valence-electron chi connectivity index (χ3n) is 2.65. The highest BCUT2D eigenvalue weighted by Crippen LogP contribution is 2.22. The van der Waals surface area contributed by atoms with E-state index in [1.807, 2.05) is 0 Å². The van der Waals surface area contributed by atoms with E-state index in [0.29, 0.717) is 5.56 Å². The number of hydrogen-bond acceptors (Lipinski definition) is 3. The molecule has 0 unspecified atom stereocenters. The van der Waals surface area contributed by atoms with Crippen molar-refractivity contribution in [3.05, 3.63) is 58.9 Å². The van der Waals surface area contributed by atoms with Crippen LogP contribution in [0.1, 0.15) is 5.56 Å². The molecule has 0 aliphatic heterocycles. The van der Waals surface area contributed by atoms with Crippen LogP contribution in [-0.2, 0) is 16.6 Å². The molecule has 0 fully saturated rings. The van der Waals surface area contributed by atoms with E-state index in [2.05, 4.69) is 4.72 Å². The Morgan fingerprint density at radius 3 is 2.35 bits per heavy atom. The van der Waals surface area contributed by atoms with Crippen LogP contribution in [0.25, 0.3) is 0 Å². The lowest BCUT2D eigenvalue weighted by Gasteiger charge is -2.09.